The Labute approximate surface area is 181 Å². The van der Waals surface area contributed by atoms with Crippen molar-refractivity contribution in [2.45, 2.75) is 51.6 Å². The first-order valence-corrected chi connectivity index (χ1v) is 11.0. The minimum atomic E-state index is -0.0808. The number of benzene rings is 2. The molecular weight excluding hydrogens is 394 g/mol. The fourth-order valence-electron chi connectivity index (χ4n) is 5.08. The standard InChI is InChI=1S/C25H25NO5/c1-15-9-20-18(12-26(13-28-20)17-5-3-2-4-6-17)25-23(15)24(27)22(31-25)11-16-7-8-19-21(10-16)30-14-29-19/h7-11,17H,2-6,12-14H2,1H3/b22-11-. The Hall–Kier alpha value is -2.99. The zero-order valence-electron chi connectivity index (χ0n) is 17.6. The van der Waals surface area contributed by atoms with Crippen LogP contribution in [0.4, 0.5) is 0 Å². The Morgan fingerprint density at radius 2 is 1.84 bits per heavy atom. The molecular formula is C25H25NO5. The Balaban J connectivity index is 1.33. The molecule has 3 aliphatic heterocycles. The van der Waals surface area contributed by atoms with Crippen molar-refractivity contribution in [1.82, 2.24) is 4.90 Å². The molecule has 0 saturated heterocycles. The average Bonchev–Trinajstić information content (AvgIpc) is 3.39. The fourth-order valence-corrected chi connectivity index (χ4v) is 5.08. The summed E-state index contributed by atoms with van der Waals surface area (Å²) in [5, 5.41) is 0. The average molecular weight is 419 g/mol. The third-order valence-electron chi connectivity index (χ3n) is 6.74. The lowest BCUT2D eigenvalue weighted by molar-refractivity contribution is 0.0393. The van der Waals surface area contributed by atoms with Crippen molar-refractivity contribution in [1.29, 1.82) is 0 Å². The molecule has 0 bridgehead atoms. The van der Waals surface area contributed by atoms with Gasteiger partial charge in [0, 0.05) is 12.6 Å². The maximum atomic E-state index is 13.2. The molecule has 0 amide bonds. The number of nitrogens with zero attached hydrogens (tertiary/aromatic N) is 1. The van der Waals surface area contributed by atoms with E-state index in [0.717, 1.165) is 29.0 Å². The molecule has 0 atom stereocenters. The van der Waals surface area contributed by atoms with Gasteiger partial charge in [0.2, 0.25) is 12.6 Å². The molecule has 1 saturated carbocycles. The first-order chi connectivity index (χ1) is 15.2. The lowest BCUT2D eigenvalue weighted by atomic mass is 9.93. The maximum absolute atomic E-state index is 13.2. The van der Waals surface area contributed by atoms with Gasteiger partial charge >= 0.3 is 0 Å². The molecule has 1 aliphatic carbocycles. The number of ketones is 1. The van der Waals surface area contributed by atoms with Crippen LogP contribution in [0.2, 0.25) is 0 Å². The number of allylic oxidation sites excluding steroid dienone is 1. The van der Waals surface area contributed by atoms with Crippen molar-refractivity contribution in [3.05, 3.63) is 52.3 Å². The molecule has 0 spiro atoms. The first kappa shape index (κ1) is 18.8. The van der Waals surface area contributed by atoms with Crippen molar-refractivity contribution in [3.8, 4) is 23.0 Å². The van der Waals surface area contributed by atoms with Crippen LogP contribution >= 0.6 is 0 Å². The van der Waals surface area contributed by atoms with Crippen LogP contribution in [0.15, 0.2) is 30.0 Å². The molecule has 6 rings (SSSR count). The SMILES string of the molecule is Cc1cc2c(c3c1C(=O)/C(=C/c1ccc4c(c1)OCO4)O3)CN(C1CCCCC1)CO2. The van der Waals surface area contributed by atoms with Gasteiger partial charge in [0.25, 0.3) is 0 Å². The minimum Gasteiger partial charge on any atom is -0.478 e. The molecule has 3 heterocycles. The number of ether oxygens (including phenoxy) is 4. The van der Waals surface area contributed by atoms with Gasteiger partial charge in [0.1, 0.15) is 18.2 Å². The molecule has 4 aliphatic rings. The van der Waals surface area contributed by atoms with Gasteiger partial charge in [-0.1, -0.05) is 25.3 Å². The summed E-state index contributed by atoms with van der Waals surface area (Å²) in [6.07, 6.45) is 8.07. The van der Waals surface area contributed by atoms with Crippen LogP contribution in [0.5, 0.6) is 23.0 Å². The van der Waals surface area contributed by atoms with Gasteiger partial charge in [0.15, 0.2) is 17.3 Å². The Bertz CT molecular complexity index is 1100. The summed E-state index contributed by atoms with van der Waals surface area (Å²) in [7, 11) is 0. The summed E-state index contributed by atoms with van der Waals surface area (Å²) in [4.78, 5) is 15.6. The quantitative estimate of drug-likeness (QED) is 0.651. The summed E-state index contributed by atoms with van der Waals surface area (Å²) in [6, 6.07) is 8.14. The number of aryl methyl sites for hydroxylation is 1. The first-order valence-electron chi connectivity index (χ1n) is 11.0. The van der Waals surface area contributed by atoms with Crippen LogP contribution in [-0.4, -0.2) is 30.2 Å². The van der Waals surface area contributed by atoms with E-state index in [-0.39, 0.29) is 12.6 Å². The highest BCUT2D eigenvalue weighted by Crippen LogP contribution is 2.45. The summed E-state index contributed by atoms with van der Waals surface area (Å²) >= 11 is 0. The van der Waals surface area contributed by atoms with Crippen molar-refractivity contribution in [2.75, 3.05) is 13.5 Å². The second kappa shape index (κ2) is 7.31. The van der Waals surface area contributed by atoms with Crippen molar-refractivity contribution >= 4 is 11.9 Å². The molecule has 160 valence electrons. The smallest absolute Gasteiger partial charge is 0.232 e. The summed E-state index contributed by atoms with van der Waals surface area (Å²) in [5.74, 6) is 3.15. The topological polar surface area (TPSA) is 57.2 Å². The van der Waals surface area contributed by atoms with E-state index < -0.39 is 0 Å². The van der Waals surface area contributed by atoms with Gasteiger partial charge in [-0.25, -0.2) is 0 Å². The summed E-state index contributed by atoms with van der Waals surface area (Å²) in [5.41, 5.74) is 3.37. The van der Waals surface area contributed by atoms with Crippen LogP contribution in [0.1, 0.15) is 59.2 Å². The summed E-state index contributed by atoms with van der Waals surface area (Å²) < 4.78 is 23.1. The molecule has 6 nitrogen and oxygen atoms in total. The van der Waals surface area contributed by atoms with Crippen LogP contribution in [0, 0.1) is 6.92 Å². The van der Waals surface area contributed by atoms with E-state index in [1.54, 1.807) is 6.08 Å². The van der Waals surface area contributed by atoms with Gasteiger partial charge < -0.3 is 18.9 Å². The van der Waals surface area contributed by atoms with Gasteiger partial charge in [-0.05, 0) is 55.2 Å². The number of hydrogen-bond donors (Lipinski definition) is 0. The van der Waals surface area contributed by atoms with Crippen LogP contribution in [0.25, 0.3) is 6.08 Å². The zero-order chi connectivity index (χ0) is 20.9. The van der Waals surface area contributed by atoms with E-state index in [1.165, 1.54) is 32.1 Å². The number of hydrogen-bond acceptors (Lipinski definition) is 6. The van der Waals surface area contributed by atoms with Gasteiger partial charge in [-0.3, -0.25) is 9.69 Å². The maximum Gasteiger partial charge on any atom is 0.232 e. The Morgan fingerprint density at radius 3 is 2.71 bits per heavy atom. The number of rotatable bonds is 2. The van der Waals surface area contributed by atoms with Gasteiger partial charge in [-0.15, -0.1) is 0 Å². The fraction of sp³-hybridized carbons (Fsp3) is 0.400. The molecule has 2 aromatic rings. The normalized spacial score (nSPS) is 21.6. The minimum absolute atomic E-state index is 0.0808. The molecule has 0 radical (unpaired) electrons. The van der Waals surface area contributed by atoms with Crippen molar-refractivity contribution in [3.63, 3.8) is 0 Å². The molecule has 0 N–H and O–H groups in total. The van der Waals surface area contributed by atoms with Crippen LogP contribution in [-0.2, 0) is 6.54 Å². The molecule has 0 unspecified atom stereocenters. The number of carbonyl (C=O) groups is 1. The predicted octanol–water partition coefficient (Wildman–Crippen LogP) is 4.82. The summed E-state index contributed by atoms with van der Waals surface area (Å²) in [6.45, 7) is 3.52. The molecule has 1 fully saturated rings. The number of fused-ring (bicyclic) bond motifs is 4. The van der Waals surface area contributed by atoms with E-state index in [4.69, 9.17) is 18.9 Å². The second-order valence-electron chi connectivity index (χ2n) is 8.74. The third kappa shape index (κ3) is 3.17. The van der Waals surface area contributed by atoms with E-state index in [0.29, 0.717) is 41.3 Å². The molecule has 31 heavy (non-hydrogen) atoms. The highest BCUT2D eigenvalue weighted by atomic mass is 16.7. The largest absolute Gasteiger partial charge is 0.478 e. The molecule has 2 aromatic carbocycles. The van der Waals surface area contributed by atoms with Crippen molar-refractivity contribution < 1.29 is 23.7 Å². The van der Waals surface area contributed by atoms with E-state index in [2.05, 4.69) is 4.90 Å². The lowest BCUT2D eigenvalue weighted by Gasteiger charge is -2.37. The zero-order valence-corrected chi connectivity index (χ0v) is 17.6. The molecule has 6 heteroatoms. The van der Waals surface area contributed by atoms with E-state index in [9.17, 15) is 4.79 Å². The highest BCUT2D eigenvalue weighted by Gasteiger charge is 2.36. The second-order valence-corrected chi connectivity index (χ2v) is 8.74. The molecule has 0 aromatic heterocycles. The van der Waals surface area contributed by atoms with Gasteiger partial charge in [-0.2, -0.15) is 0 Å². The van der Waals surface area contributed by atoms with E-state index >= 15 is 0 Å². The Kier molecular flexibility index (Phi) is 4.42. The number of Topliss-reactive ketones (excluding diaryl/α,β-unsaturated/α-hetero) is 1. The monoisotopic (exact) mass is 419 g/mol. The van der Waals surface area contributed by atoms with E-state index in [1.807, 2.05) is 31.2 Å². The highest BCUT2D eigenvalue weighted by molar-refractivity contribution is 6.16. The predicted molar refractivity (Wildman–Crippen MR) is 115 cm³/mol. The van der Waals surface area contributed by atoms with Gasteiger partial charge in [0.05, 0.1) is 11.1 Å². The van der Waals surface area contributed by atoms with Crippen LogP contribution in [0.3, 0.4) is 0 Å². The van der Waals surface area contributed by atoms with Crippen LogP contribution < -0.4 is 18.9 Å². The lowest BCUT2D eigenvalue weighted by Crippen LogP contribution is -2.41. The van der Waals surface area contributed by atoms with Crippen molar-refractivity contribution in [2.24, 2.45) is 0 Å². The number of carbonyl (C=O) groups excluding carboxylic acids is 1. The Morgan fingerprint density at radius 1 is 1.00 bits per heavy atom. The third-order valence-corrected chi connectivity index (χ3v) is 6.74.